The first kappa shape index (κ1) is 22.6. The molecule has 5 nitrogen and oxygen atoms in total. The third-order valence-electron chi connectivity index (χ3n) is 5.52. The lowest BCUT2D eigenvalue weighted by atomic mass is 9.96. The summed E-state index contributed by atoms with van der Waals surface area (Å²) in [6, 6.07) is 18.6. The van der Waals surface area contributed by atoms with E-state index in [0.717, 1.165) is 29.9 Å². The highest BCUT2D eigenvalue weighted by Gasteiger charge is 2.44. The van der Waals surface area contributed by atoms with Gasteiger partial charge >= 0.3 is 0 Å². The van der Waals surface area contributed by atoms with Gasteiger partial charge in [-0.2, -0.15) is 0 Å². The van der Waals surface area contributed by atoms with Crippen LogP contribution in [0.1, 0.15) is 29.8 Å². The van der Waals surface area contributed by atoms with E-state index < -0.39 is 0 Å². The molecule has 1 aliphatic carbocycles. The molecule has 30 heavy (non-hydrogen) atoms. The number of imidazole rings is 1. The standard InChI is InChI=1S/C23H26ClN5.HI/c1-25-22(28-17-23(10-11-23)19-8-5-9-20(24)14-19)27-15-21-26-12-13-29(21)16-18-6-3-2-4-7-18;/h2-9,12-14H,10-11,15-17H2,1H3,(H2,25,27,28);1H. The van der Waals surface area contributed by atoms with Crippen LogP contribution in [0.5, 0.6) is 0 Å². The smallest absolute Gasteiger partial charge is 0.191 e. The number of benzene rings is 2. The molecule has 1 heterocycles. The molecule has 0 unspecified atom stereocenters. The van der Waals surface area contributed by atoms with Crippen molar-refractivity contribution < 1.29 is 0 Å². The average Bonchev–Trinajstić information content (AvgIpc) is 3.42. The van der Waals surface area contributed by atoms with Crippen LogP contribution < -0.4 is 10.6 Å². The minimum absolute atomic E-state index is 0. The summed E-state index contributed by atoms with van der Waals surface area (Å²) in [7, 11) is 1.80. The van der Waals surface area contributed by atoms with E-state index in [0.29, 0.717) is 6.54 Å². The number of guanidine groups is 1. The molecule has 1 aromatic heterocycles. The lowest BCUT2D eigenvalue weighted by Crippen LogP contribution is -2.41. The van der Waals surface area contributed by atoms with Gasteiger partial charge in [-0.1, -0.05) is 54.1 Å². The molecule has 0 radical (unpaired) electrons. The fraction of sp³-hybridized carbons (Fsp3) is 0.304. The van der Waals surface area contributed by atoms with Crippen molar-refractivity contribution in [3.63, 3.8) is 0 Å². The Morgan fingerprint density at radius 1 is 1.13 bits per heavy atom. The number of hydrogen-bond acceptors (Lipinski definition) is 2. The molecule has 1 saturated carbocycles. The Kier molecular flexibility index (Phi) is 7.77. The maximum Gasteiger partial charge on any atom is 0.191 e. The molecule has 158 valence electrons. The van der Waals surface area contributed by atoms with Crippen molar-refractivity contribution in [1.82, 2.24) is 20.2 Å². The van der Waals surface area contributed by atoms with E-state index in [1.807, 2.05) is 30.6 Å². The van der Waals surface area contributed by atoms with Crippen LogP contribution in [0, 0.1) is 0 Å². The molecule has 0 saturated heterocycles. The van der Waals surface area contributed by atoms with E-state index in [1.54, 1.807) is 7.05 Å². The summed E-state index contributed by atoms with van der Waals surface area (Å²) >= 11 is 6.18. The van der Waals surface area contributed by atoms with Crippen molar-refractivity contribution in [2.45, 2.75) is 31.3 Å². The topological polar surface area (TPSA) is 54.2 Å². The normalized spacial score (nSPS) is 14.7. The maximum absolute atomic E-state index is 6.18. The number of nitrogens with zero attached hydrogens (tertiary/aromatic N) is 3. The second-order valence-corrected chi connectivity index (χ2v) is 7.96. The van der Waals surface area contributed by atoms with Crippen molar-refractivity contribution in [2.75, 3.05) is 13.6 Å². The predicted molar refractivity (Wildman–Crippen MR) is 134 cm³/mol. The third kappa shape index (κ3) is 5.55. The van der Waals surface area contributed by atoms with E-state index in [4.69, 9.17) is 11.6 Å². The van der Waals surface area contributed by atoms with Crippen LogP contribution >= 0.6 is 35.6 Å². The van der Waals surface area contributed by atoms with Crippen molar-refractivity contribution in [2.24, 2.45) is 4.99 Å². The first-order valence-corrected chi connectivity index (χ1v) is 10.3. The first-order chi connectivity index (χ1) is 14.2. The quantitative estimate of drug-likeness (QED) is 0.264. The Balaban J connectivity index is 0.00000256. The zero-order chi connectivity index (χ0) is 20.1. The summed E-state index contributed by atoms with van der Waals surface area (Å²) in [4.78, 5) is 8.87. The van der Waals surface area contributed by atoms with Crippen LogP contribution in [0.3, 0.4) is 0 Å². The summed E-state index contributed by atoms with van der Waals surface area (Å²) in [5.41, 5.74) is 2.71. The zero-order valence-electron chi connectivity index (χ0n) is 17.0. The Morgan fingerprint density at radius 2 is 1.93 bits per heavy atom. The van der Waals surface area contributed by atoms with Gasteiger partial charge in [-0.3, -0.25) is 4.99 Å². The summed E-state index contributed by atoms with van der Waals surface area (Å²) < 4.78 is 2.16. The Morgan fingerprint density at radius 3 is 2.63 bits per heavy atom. The first-order valence-electron chi connectivity index (χ1n) is 9.93. The highest BCUT2D eigenvalue weighted by molar-refractivity contribution is 14.0. The molecule has 0 atom stereocenters. The Labute approximate surface area is 200 Å². The molecule has 0 aliphatic heterocycles. The number of rotatable bonds is 7. The number of aliphatic imine (C=N–C) groups is 1. The molecule has 0 bridgehead atoms. The van der Waals surface area contributed by atoms with Gasteiger partial charge in [0, 0.05) is 43.0 Å². The summed E-state index contributed by atoms with van der Waals surface area (Å²) in [6.45, 7) is 2.26. The second-order valence-electron chi connectivity index (χ2n) is 7.53. The van der Waals surface area contributed by atoms with Crippen LogP contribution in [-0.4, -0.2) is 29.1 Å². The molecule has 1 fully saturated rings. The minimum Gasteiger partial charge on any atom is -0.356 e. The van der Waals surface area contributed by atoms with Gasteiger partial charge in [-0.15, -0.1) is 24.0 Å². The van der Waals surface area contributed by atoms with E-state index in [2.05, 4.69) is 61.6 Å². The SMILES string of the molecule is CN=C(NCc1nccn1Cc1ccccc1)NCC1(c2cccc(Cl)c2)CC1.I. The summed E-state index contributed by atoms with van der Waals surface area (Å²) in [6.07, 6.45) is 6.19. The summed E-state index contributed by atoms with van der Waals surface area (Å²) in [5, 5.41) is 7.66. The van der Waals surface area contributed by atoms with Crippen molar-refractivity contribution >= 4 is 41.5 Å². The van der Waals surface area contributed by atoms with Crippen LogP contribution in [0.4, 0.5) is 0 Å². The van der Waals surface area contributed by atoms with Gasteiger partial charge in [-0.05, 0) is 36.1 Å². The molecule has 0 spiro atoms. The van der Waals surface area contributed by atoms with E-state index in [1.165, 1.54) is 24.0 Å². The Hall–Kier alpha value is -2.06. The maximum atomic E-state index is 6.18. The minimum atomic E-state index is 0. The van der Waals surface area contributed by atoms with Gasteiger partial charge < -0.3 is 15.2 Å². The highest BCUT2D eigenvalue weighted by atomic mass is 127. The van der Waals surface area contributed by atoms with Crippen LogP contribution in [0.2, 0.25) is 5.02 Å². The molecular formula is C23H27ClIN5. The predicted octanol–water partition coefficient (Wildman–Crippen LogP) is 4.60. The molecular weight excluding hydrogens is 509 g/mol. The van der Waals surface area contributed by atoms with Gasteiger partial charge in [0.2, 0.25) is 0 Å². The van der Waals surface area contributed by atoms with E-state index >= 15 is 0 Å². The van der Waals surface area contributed by atoms with Gasteiger partial charge in [0.1, 0.15) is 5.82 Å². The second kappa shape index (κ2) is 10.3. The van der Waals surface area contributed by atoms with Gasteiger partial charge in [0.05, 0.1) is 6.54 Å². The van der Waals surface area contributed by atoms with Crippen LogP contribution in [0.25, 0.3) is 0 Å². The van der Waals surface area contributed by atoms with Gasteiger partial charge in [0.25, 0.3) is 0 Å². The van der Waals surface area contributed by atoms with Gasteiger partial charge in [-0.25, -0.2) is 4.98 Å². The average molecular weight is 536 g/mol. The molecule has 7 heteroatoms. The number of aromatic nitrogens is 2. The molecule has 0 amide bonds. The lowest BCUT2D eigenvalue weighted by molar-refractivity contribution is 0.636. The lowest BCUT2D eigenvalue weighted by Gasteiger charge is -2.19. The van der Waals surface area contributed by atoms with Crippen molar-refractivity contribution in [3.8, 4) is 0 Å². The largest absolute Gasteiger partial charge is 0.356 e. The molecule has 1 aliphatic rings. The van der Waals surface area contributed by atoms with Gasteiger partial charge in [0.15, 0.2) is 5.96 Å². The van der Waals surface area contributed by atoms with Crippen LogP contribution in [-0.2, 0) is 18.5 Å². The Bertz CT molecular complexity index is 982. The van der Waals surface area contributed by atoms with E-state index in [9.17, 15) is 0 Å². The molecule has 3 aromatic rings. The van der Waals surface area contributed by atoms with Crippen LogP contribution in [0.15, 0.2) is 72.0 Å². The highest BCUT2D eigenvalue weighted by Crippen LogP contribution is 2.48. The molecule has 2 aromatic carbocycles. The number of nitrogens with one attached hydrogen (secondary N) is 2. The molecule has 4 rings (SSSR count). The fourth-order valence-corrected chi connectivity index (χ4v) is 3.79. The number of halogens is 2. The van der Waals surface area contributed by atoms with E-state index in [-0.39, 0.29) is 29.4 Å². The zero-order valence-corrected chi connectivity index (χ0v) is 20.1. The molecule has 2 N–H and O–H groups in total. The fourth-order valence-electron chi connectivity index (χ4n) is 3.60. The monoisotopic (exact) mass is 535 g/mol. The number of hydrogen-bond donors (Lipinski definition) is 2. The van der Waals surface area contributed by atoms with Crippen molar-refractivity contribution in [3.05, 3.63) is 89.0 Å². The summed E-state index contributed by atoms with van der Waals surface area (Å²) in [5.74, 6) is 1.76. The van der Waals surface area contributed by atoms with Crippen molar-refractivity contribution in [1.29, 1.82) is 0 Å². The third-order valence-corrected chi connectivity index (χ3v) is 5.75.